The summed E-state index contributed by atoms with van der Waals surface area (Å²) in [4.78, 5) is 1.38. The maximum Gasteiger partial charge on any atom is 0.0334 e. The number of allylic oxidation sites excluding steroid dienone is 1. The van der Waals surface area contributed by atoms with Crippen LogP contribution in [-0.4, -0.2) is 12.8 Å². The molecule has 0 radical (unpaired) electrons. The Kier molecular flexibility index (Phi) is 5.33. The number of hydrogen-bond donors (Lipinski definition) is 1. The topological polar surface area (TPSA) is 12.0 Å². The fraction of sp³-hybridized carbons (Fsp3) is 0.385. The van der Waals surface area contributed by atoms with E-state index >= 15 is 0 Å². The predicted octanol–water partition coefficient (Wildman–Crippen LogP) is 3.74. The highest BCUT2D eigenvalue weighted by molar-refractivity contribution is 8.08. The Hall–Kier alpha value is -0.890. The quantitative estimate of drug-likeness (QED) is 0.813. The molecule has 0 aliphatic rings. The molecule has 15 heavy (non-hydrogen) atoms. The van der Waals surface area contributed by atoms with Crippen LogP contribution in [0.15, 0.2) is 36.0 Å². The highest BCUT2D eigenvalue weighted by Crippen LogP contribution is 2.30. The number of nitrogens with one attached hydrogen (secondary N) is 1. The van der Waals surface area contributed by atoms with E-state index in [1.165, 1.54) is 16.2 Å². The van der Waals surface area contributed by atoms with Gasteiger partial charge in [0.25, 0.3) is 0 Å². The van der Waals surface area contributed by atoms with E-state index in [2.05, 4.69) is 49.5 Å². The molecule has 1 rings (SSSR count). The third-order valence-electron chi connectivity index (χ3n) is 2.25. The van der Waals surface area contributed by atoms with Crippen molar-refractivity contribution in [3.63, 3.8) is 0 Å². The van der Waals surface area contributed by atoms with Gasteiger partial charge in [0.2, 0.25) is 0 Å². The molecule has 0 spiro atoms. The molecule has 0 aromatic heterocycles. The minimum atomic E-state index is 1.05. The fourth-order valence-electron chi connectivity index (χ4n) is 1.53. The Bertz CT molecular complexity index is 311. The maximum atomic E-state index is 3.29. The highest BCUT2D eigenvalue weighted by Gasteiger charge is 2.06. The fourth-order valence-corrected chi connectivity index (χ4v) is 2.54. The molecule has 1 aromatic rings. The molecule has 0 aliphatic carbocycles. The van der Waals surface area contributed by atoms with Gasteiger partial charge in [-0.05, 0) is 17.7 Å². The molecule has 0 saturated heterocycles. The zero-order valence-electron chi connectivity index (χ0n) is 9.71. The monoisotopic (exact) mass is 221 g/mol. The lowest BCUT2D eigenvalue weighted by Crippen LogP contribution is -2.07. The molecule has 0 aliphatic heterocycles. The van der Waals surface area contributed by atoms with E-state index in [0.717, 1.165) is 12.2 Å². The SMILES string of the molecule is CCS/C(=C(/CC)NC)c1ccccc1. The van der Waals surface area contributed by atoms with E-state index in [1.807, 2.05) is 18.8 Å². The Morgan fingerprint density at radius 1 is 1.20 bits per heavy atom. The van der Waals surface area contributed by atoms with Crippen LogP contribution in [0.5, 0.6) is 0 Å². The molecule has 1 nitrogen and oxygen atoms in total. The van der Waals surface area contributed by atoms with Crippen LogP contribution in [0.3, 0.4) is 0 Å². The number of hydrogen-bond acceptors (Lipinski definition) is 2. The van der Waals surface area contributed by atoms with Gasteiger partial charge in [0, 0.05) is 17.6 Å². The molecule has 0 fully saturated rings. The summed E-state index contributed by atoms with van der Waals surface area (Å²) in [5.74, 6) is 1.11. The van der Waals surface area contributed by atoms with Crippen LogP contribution in [0.1, 0.15) is 25.8 Å². The Labute approximate surface area is 97.0 Å². The average Bonchev–Trinajstić information content (AvgIpc) is 2.30. The second kappa shape index (κ2) is 6.57. The second-order valence-corrected chi connectivity index (χ2v) is 4.48. The molecule has 0 saturated carbocycles. The van der Waals surface area contributed by atoms with Gasteiger partial charge in [0.1, 0.15) is 0 Å². The summed E-state index contributed by atoms with van der Waals surface area (Å²) in [5.41, 5.74) is 2.64. The smallest absolute Gasteiger partial charge is 0.0334 e. The summed E-state index contributed by atoms with van der Waals surface area (Å²) in [5, 5.41) is 3.29. The van der Waals surface area contributed by atoms with Crippen LogP contribution in [0, 0.1) is 0 Å². The molecule has 0 unspecified atom stereocenters. The van der Waals surface area contributed by atoms with Gasteiger partial charge < -0.3 is 5.32 Å². The molecular formula is C13H19NS. The maximum absolute atomic E-state index is 3.29. The summed E-state index contributed by atoms with van der Waals surface area (Å²) >= 11 is 1.90. The van der Waals surface area contributed by atoms with Crippen molar-refractivity contribution >= 4 is 16.7 Å². The Morgan fingerprint density at radius 3 is 2.33 bits per heavy atom. The minimum absolute atomic E-state index is 1.05. The van der Waals surface area contributed by atoms with Crippen molar-refractivity contribution in [2.75, 3.05) is 12.8 Å². The highest BCUT2D eigenvalue weighted by atomic mass is 32.2. The van der Waals surface area contributed by atoms with Gasteiger partial charge >= 0.3 is 0 Å². The molecule has 1 aromatic carbocycles. The molecule has 82 valence electrons. The van der Waals surface area contributed by atoms with Crippen LogP contribution in [0.2, 0.25) is 0 Å². The Balaban J connectivity index is 3.07. The zero-order valence-corrected chi connectivity index (χ0v) is 10.5. The van der Waals surface area contributed by atoms with Crippen molar-refractivity contribution in [2.45, 2.75) is 20.3 Å². The van der Waals surface area contributed by atoms with Gasteiger partial charge in [-0.15, -0.1) is 11.8 Å². The van der Waals surface area contributed by atoms with E-state index in [-0.39, 0.29) is 0 Å². The zero-order chi connectivity index (χ0) is 11.1. The van der Waals surface area contributed by atoms with Gasteiger partial charge in [0.05, 0.1) is 0 Å². The molecule has 2 heteroatoms. The van der Waals surface area contributed by atoms with E-state index in [4.69, 9.17) is 0 Å². The van der Waals surface area contributed by atoms with Crippen LogP contribution in [0.25, 0.3) is 4.91 Å². The normalized spacial score (nSPS) is 12.2. The van der Waals surface area contributed by atoms with Gasteiger partial charge in [-0.2, -0.15) is 0 Å². The number of benzene rings is 1. The third kappa shape index (κ3) is 3.31. The van der Waals surface area contributed by atoms with E-state index in [9.17, 15) is 0 Å². The lowest BCUT2D eigenvalue weighted by molar-refractivity contribution is 0.910. The average molecular weight is 221 g/mol. The van der Waals surface area contributed by atoms with E-state index in [1.54, 1.807) is 0 Å². The van der Waals surface area contributed by atoms with Crippen molar-refractivity contribution in [1.82, 2.24) is 5.32 Å². The van der Waals surface area contributed by atoms with E-state index < -0.39 is 0 Å². The van der Waals surface area contributed by atoms with Gasteiger partial charge in [-0.3, -0.25) is 0 Å². The van der Waals surface area contributed by atoms with Crippen molar-refractivity contribution in [3.8, 4) is 0 Å². The van der Waals surface area contributed by atoms with Gasteiger partial charge in [-0.1, -0.05) is 44.2 Å². The van der Waals surface area contributed by atoms with Crippen molar-refractivity contribution in [3.05, 3.63) is 41.6 Å². The van der Waals surface area contributed by atoms with Crippen LogP contribution in [0.4, 0.5) is 0 Å². The lowest BCUT2D eigenvalue weighted by Gasteiger charge is -2.13. The molecule has 0 amide bonds. The Morgan fingerprint density at radius 2 is 1.87 bits per heavy atom. The van der Waals surface area contributed by atoms with Crippen LogP contribution in [-0.2, 0) is 0 Å². The van der Waals surface area contributed by atoms with Crippen molar-refractivity contribution in [2.24, 2.45) is 0 Å². The molecule has 0 bridgehead atoms. The third-order valence-corrected chi connectivity index (χ3v) is 3.31. The standard InChI is InChI=1S/C13H19NS/c1-4-12(14-3)13(15-5-2)11-9-7-6-8-10-11/h6-10,14H,4-5H2,1-3H3/b13-12-. The van der Waals surface area contributed by atoms with Gasteiger partial charge in [0.15, 0.2) is 0 Å². The van der Waals surface area contributed by atoms with Gasteiger partial charge in [-0.25, -0.2) is 0 Å². The first kappa shape index (κ1) is 12.2. The minimum Gasteiger partial charge on any atom is -0.391 e. The summed E-state index contributed by atoms with van der Waals surface area (Å²) in [6.07, 6.45) is 1.05. The first-order valence-corrected chi connectivity index (χ1v) is 6.41. The largest absolute Gasteiger partial charge is 0.391 e. The van der Waals surface area contributed by atoms with E-state index in [0.29, 0.717) is 0 Å². The second-order valence-electron chi connectivity index (χ2n) is 3.21. The summed E-state index contributed by atoms with van der Waals surface area (Å²) in [6.45, 7) is 4.38. The first-order valence-electron chi connectivity index (χ1n) is 5.42. The lowest BCUT2D eigenvalue weighted by atomic mass is 10.1. The predicted molar refractivity (Wildman–Crippen MR) is 70.8 cm³/mol. The van der Waals surface area contributed by atoms with Crippen molar-refractivity contribution < 1.29 is 0 Å². The molecule has 0 atom stereocenters. The van der Waals surface area contributed by atoms with Crippen LogP contribution < -0.4 is 5.32 Å². The number of rotatable bonds is 5. The summed E-state index contributed by atoms with van der Waals surface area (Å²) in [6, 6.07) is 10.6. The summed E-state index contributed by atoms with van der Waals surface area (Å²) < 4.78 is 0. The molecular weight excluding hydrogens is 202 g/mol. The van der Waals surface area contributed by atoms with Crippen molar-refractivity contribution in [1.29, 1.82) is 0 Å². The van der Waals surface area contributed by atoms with Crippen LogP contribution >= 0.6 is 11.8 Å². The molecule has 0 heterocycles. The summed E-state index contributed by atoms with van der Waals surface area (Å²) in [7, 11) is 2.00. The first-order chi connectivity index (χ1) is 7.33. The molecule has 1 N–H and O–H groups in total. The number of thioether (sulfide) groups is 1.